The SMILES string of the molecule is O=C(OF)c1nc(-c2ccc(F)cc2)c2ccccn12. The molecule has 0 aliphatic carbocycles. The Labute approximate surface area is 112 Å². The number of benzene rings is 1. The van der Waals surface area contributed by atoms with Crippen molar-refractivity contribution in [2.75, 3.05) is 0 Å². The van der Waals surface area contributed by atoms with Gasteiger partial charge in [0, 0.05) is 16.3 Å². The van der Waals surface area contributed by atoms with Crippen molar-refractivity contribution in [2.45, 2.75) is 0 Å². The summed E-state index contributed by atoms with van der Waals surface area (Å²) in [5, 5.41) is 0. The number of carbonyl (C=O) groups is 1. The van der Waals surface area contributed by atoms with Crippen molar-refractivity contribution in [3.8, 4) is 11.3 Å². The van der Waals surface area contributed by atoms with Gasteiger partial charge in [-0.2, -0.15) is 0 Å². The summed E-state index contributed by atoms with van der Waals surface area (Å²) >= 11 is 0. The van der Waals surface area contributed by atoms with E-state index in [0.29, 0.717) is 16.8 Å². The van der Waals surface area contributed by atoms with Crippen LogP contribution in [0.5, 0.6) is 0 Å². The van der Waals surface area contributed by atoms with Crippen molar-refractivity contribution < 1.29 is 18.7 Å². The largest absolute Gasteiger partial charge is 0.415 e. The second-order valence-corrected chi connectivity index (χ2v) is 4.11. The molecule has 0 spiro atoms. The number of imidazole rings is 1. The molecule has 0 aliphatic rings. The molecule has 0 atom stereocenters. The predicted molar refractivity (Wildman–Crippen MR) is 67.1 cm³/mol. The molecule has 4 nitrogen and oxygen atoms in total. The molecule has 1 aromatic carbocycles. The van der Waals surface area contributed by atoms with Gasteiger partial charge in [-0.25, -0.2) is 19.1 Å². The molecule has 0 saturated carbocycles. The Morgan fingerprint density at radius 2 is 1.90 bits per heavy atom. The minimum atomic E-state index is -1.18. The van der Waals surface area contributed by atoms with E-state index in [9.17, 15) is 13.7 Å². The molecule has 3 rings (SSSR count). The molecular weight excluding hydrogens is 266 g/mol. The van der Waals surface area contributed by atoms with Crippen LogP contribution < -0.4 is 0 Å². The summed E-state index contributed by atoms with van der Waals surface area (Å²) in [5.41, 5.74) is 1.67. The van der Waals surface area contributed by atoms with Crippen LogP contribution in [-0.2, 0) is 4.94 Å². The highest BCUT2D eigenvalue weighted by molar-refractivity contribution is 5.90. The third kappa shape index (κ3) is 1.91. The predicted octanol–water partition coefficient (Wildman–Crippen LogP) is 3.18. The maximum Gasteiger partial charge on any atom is 0.415 e. The van der Waals surface area contributed by atoms with E-state index in [1.54, 1.807) is 24.4 Å². The summed E-state index contributed by atoms with van der Waals surface area (Å²) < 4.78 is 26.5. The Bertz CT molecular complexity index is 781. The van der Waals surface area contributed by atoms with Crippen molar-refractivity contribution in [2.24, 2.45) is 0 Å². The first-order valence-corrected chi connectivity index (χ1v) is 5.76. The summed E-state index contributed by atoms with van der Waals surface area (Å²) in [6, 6.07) is 10.8. The van der Waals surface area contributed by atoms with E-state index in [1.165, 1.54) is 28.7 Å². The van der Waals surface area contributed by atoms with Gasteiger partial charge in [0.15, 0.2) is 0 Å². The Balaban J connectivity index is 2.26. The normalized spacial score (nSPS) is 10.7. The Hall–Kier alpha value is -2.76. The molecule has 0 amide bonds. The smallest absolute Gasteiger partial charge is 0.293 e. The van der Waals surface area contributed by atoms with E-state index in [-0.39, 0.29) is 11.6 Å². The Morgan fingerprint density at radius 1 is 1.15 bits per heavy atom. The van der Waals surface area contributed by atoms with Gasteiger partial charge in [0.2, 0.25) is 5.82 Å². The van der Waals surface area contributed by atoms with Crippen LogP contribution in [0.15, 0.2) is 48.7 Å². The fourth-order valence-electron chi connectivity index (χ4n) is 2.04. The first-order valence-electron chi connectivity index (χ1n) is 5.76. The van der Waals surface area contributed by atoms with Crippen molar-refractivity contribution in [3.63, 3.8) is 0 Å². The number of fused-ring (bicyclic) bond motifs is 1. The first-order chi connectivity index (χ1) is 9.70. The van der Waals surface area contributed by atoms with E-state index >= 15 is 0 Å². The molecule has 2 heterocycles. The fourth-order valence-corrected chi connectivity index (χ4v) is 2.04. The number of carbonyl (C=O) groups excluding carboxylic acids is 1. The van der Waals surface area contributed by atoms with Crippen LogP contribution >= 0.6 is 0 Å². The van der Waals surface area contributed by atoms with E-state index in [0.717, 1.165) is 0 Å². The van der Waals surface area contributed by atoms with Crippen molar-refractivity contribution >= 4 is 11.5 Å². The molecule has 0 radical (unpaired) electrons. The number of aromatic nitrogens is 2. The summed E-state index contributed by atoms with van der Waals surface area (Å²) in [6.45, 7) is 0. The standard InChI is InChI=1S/C14H8F2N2O2/c15-10-6-4-9(5-7-10)12-11-3-1-2-8-18(11)13(17-12)14(19)20-16/h1-8H. The molecule has 6 heteroatoms. The second kappa shape index (κ2) is 4.73. The van der Waals surface area contributed by atoms with Crippen LogP contribution in [0.1, 0.15) is 10.6 Å². The third-order valence-electron chi connectivity index (χ3n) is 2.92. The van der Waals surface area contributed by atoms with Gasteiger partial charge in [-0.3, -0.25) is 4.40 Å². The monoisotopic (exact) mass is 274 g/mol. The van der Waals surface area contributed by atoms with Crippen molar-refractivity contribution in [3.05, 3.63) is 60.3 Å². The lowest BCUT2D eigenvalue weighted by molar-refractivity contribution is -0.0799. The van der Waals surface area contributed by atoms with Crippen LogP contribution in [-0.4, -0.2) is 15.4 Å². The number of hydrogen-bond acceptors (Lipinski definition) is 3. The van der Waals surface area contributed by atoms with Gasteiger partial charge in [0.25, 0.3) is 0 Å². The molecule has 2 aromatic heterocycles. The lowest BCUT2D eigenvalue weighted by Crippen LogP contribution is -2.04. The van der Waals surface area contributed by atoms with E-state index in [4.69, 9.17) is 0 Å². The highest BCUT2D eigenvalue weighted by Gasteiger charge is 2.19. The molecule has 3 aromatic rings. The van der Waals surface area contributed by atoms with Crippen LogP contribution in [0.2, 0.25) is 0 Å². The van der Waals surface area contributed by atoms with Gasteiger partial charge >= 0.3 is 5.97 Å². The third-order valence-corrected chi connectivity index (χ3v) is 2.92. The van der Waals surface area contributed by atoms with Crippen LogP contribution in [0.4, 0.5) is 8.92 Å². The van der Waals surface area contributed by atoms with Gasteiger partial charge in [0.05, 0.1) is 11.2 Å². The highest BCUT2D eigenvalue weighted by Crippen LogP contribution is 2.25. The van der Waals surface area contributed by atoms with Crippen LogP contribution in [0.25, 0.3) is 16.8 Å². The lowest BCUT2D eigenvalue weighted by Gasteiger charge is -1.98. The number of halogens is 2. The van der Waals surface area contributed by atoms with Crippen molar-refractivity contribution in [1.29, 1.82) is 0 Å². The molecule has 0 aliphatic heterocycles. The zero-order valence-corrected chi connectivity index (χ0v) is 10.1. The molecule has 0 unspecified atom stereocenters. The summed E-state index contributed by atoms with van der Waals surface area (Å²) in [6.07, 6.45) is 1.57. The number of pyridine rings is 1. The highest BCUT2D eigenvalue weighted by atomic mass is 19.3. The Kier molecular flexibility index (Phi) is 2.90. The molecule has 0 saturated heterocycles. The van der Waals surface area contributed by atoms with Crippen LogP contribution in [0, 0.1) is 5.82 Å². The number of hydrogen-bond donors (Lipinski definition) is 0. The average molecular weight is 274 g/mol. The summed E-state index contributed by atoms with van der Waals surface area (Å²) in [5.74, 6) is -1.73. The number of rotatable bonds is 2. The maximum absolute atomic E-state index is 13.0. The quantitative estimate of drug-likeness (QED) is 0.720. The topological polar surface area (TPSA) is 43.6 Å². The van der Waals surface area contributed by atoms with Gasteiger partial charge in [-0.15, -0.1) is 0 Å². The molecule has 0 bridgehead atoms. The second-order valence-electron chi connectivity index (χ2n) is 4.11. The molecule has 0 N–H and O–H groups in total. The van der Waals surface area contributed by atoms with Gasteiger partial charge in [-0.1, -0.05) is 6.07 Å². The van der Waals surface area contributed by atoms with E-state index in [1.807, 2.05) is 0 Å². The molecule has 0 fully saturated rings. The van der Waals surface area contributed by atoms with E-state index in [2.05, 4.69) is 9.93 Å². The average Bonchev–Trinajstić information content (AvgIpc) is 2.87. The zero-order valence-electron chi connectivity index (χ0n) is 10.1. The van der Waals surface area contributed by atoms with Gasteiger partial charge in [0.1, 0.15) is 5.82 Å². The van der Waals surface area contributed by atoms with Crippen LogP contribution in [0.3, 0.4) is 0 Å². The van der Waals surface area contributed by atoms with Gasteiger partial charge in [-0.05, 0) is 36.4 Å². The minimum absolute atomic E-state index is 0.178. The lowest BCUT2D eigenvalue weighted by atomic mass is 10.1. The maximum atomic E-state index is 13.0. The van der Waals surface area contributed by atoms with E-state index < -0.39 is 5.97 Å². The van der Waals surface area contributed by atoms with Gasteiger partial charge < -0.3 is 0 Å². The Morgan fingerprint density at radius 3 is 2.60 bits per heavy atom. The van der Waals surface area contributed by atoms with Crippen molar-refractivity contribution in [1.82, 2.24) is 9.38 Å². The summed E-state index contributed by atoms with van der Waals surface area (Å²) in [4.78, 5) is 18.7. The first kappa shape index (κ1) is 12.3. The number of nitrogens with zero attached hydrogens (tertiary/aromatic N) is 2. The fraction of sp³-hybridized carbons (Fsp3) is 0. The molecule has 20 heavy (non-hydrogen) atoms. The minimum Gasteiger partial charge on any atom is -0.293 e. The molecular formula is C14H8F2N2O2. The summed E-state index contributed by atoms with van der Waals surface area (Å²) in [7, 11) is 0. The molecule has 100 valence electrons. The zero-order chi connectivity index (χ0) is 14.1.